The third kappa shape index (κ3) is 3.96. The molecule has 0 amide bonds. The Morgan fingerprint density at radius 2 is 1.83 bits per heavy atom. The molecule has 0 bridgehead atoms. The first-order valence-electron chi connectivity index (χ1n) is 7.94. The van der Waals surface area contributed by atoms with E-state index in [1.54, 1.807) is 0 Å². The molecule has 2 fully saturated rings. The first-order chi connectivity index (χ1) is 8.65. The van der Waals surface area contributed by atoms with Crippen LogP contribution in [0.3, 0.4) is 0 Å². The molecule has 0 aromatic rings. The van der Waals surface area contributed by atoms with Crippen LogP contribution in [0.15, 0.2) is 0 Å². The summed E-state index contributed by atoms with van der Waals surface area (Å²) >= 11 is 0. The SMILES string of the molecule is CNCC1(OCCC2CC2)CCC(C(C)C)CC1. The van der Waals surface area contributed by atoms with Gasteiger partial charge in [0, 0.05) is 13.2 Å². The van der Waals surface area contributed by atoms with Crippen LogP contribution in [0.4, 0.5) is 0 Å². The van der Waals surface area contributed by atoms with E-state index in [1.165, 1.54) is 44.9 Å². The Hall–Kier alpha value is -0.0800. The maximum absolute atomic E-state index is 6.33. The minimum absolute atomic E-state index is 0.148. The van der Waals surface area contributed by atoms with E-state index in [-0.39, 0.29) is 5.60 Å². The van der Waals surface area contributed by atoms with Gasteiger partial charge in [-0.1, -0.05) is 26.7 Å². The van der Waals surface area contributed by atoms with E-state index in [4.69, 9.17) is 4.74 Å². The quantitative estimate of drug-likeness (QED) is 0.748. The Labute approximate surface area is 113 Å². The van der Waals surface area contributed by atoms with Gasteiger partial charge in [0.15, 0.2) is 0 Å². The minimum atomic E-state index is 0.148. The molecule has 18 heavy (non-hydrogen) atoms. The monoisotopic (exact) mass is 253 g/mol. The molecule has 2 heteroatoms. The van der Waals surface area contributed by atoms with Crippen molar-refractivity contribution in [3.8, 4) is 0 Å². The van der Waals surface area contributed by atoms with Gasteiger partial charge >= 0.3 is 0 Å². The van der Waals surface area contributed by atoms with Crippen LogP contribution in [0.5, 0.6) is 0 Å². The summed E-state index contributed by atoms with van der Waals surface area (Å²) in [6, 6.07) is 0. The second kappa shape index (κ2) is 6.38. The maximum Gasteiger partial charge on any atom is 0.0806 e. The highest BCUT2D eigenvalue weighted by molar-refractivity contribution is 4.90. The Morgan fingerprint density at radius 3 is 2.33 bits per heavy atom. The van der Waals surface area contributed by atoms with Gasteiger partial charge in [0.25, 0.3) is 0 Å². The van der Waals surface area contributed by atoms with Crippen LogP contribution in [0, 0.1) is 17.8 Å². The number of hydrogen-bond donors (Lipinski definition) is 1. The molecule has 0 unspecified atom stereocenters. The van der Waals surface area contributed by atoms with Gasteiger partial charge in [0.1, 0.15) is 0 Å². The molecule has 0 heterocycles. The zero-order chi connectivity index (χ0) is 13.0. The molecule has 0 aromatic heterocycles. The van der Waals surface area contributed by atoms with Gasteiger partial charge in [-0.2, -0.15) is 0 Å². The van der Waals surface area contributed by atoms with Crippen LogP contribution < -0.4 is 5.32 Å². The molecule has 2 rings (SSSR count). The molecule has 0 spiro atoms. The molecular weight excluding hydrogens is 222 g/mol. The van der Waals surface area contributed by atoms with Crippen LogP contribution in [0.25, 0.3) is 0 Å². The lowest BCUT2D eigenvalue weighted by molar-refractivity contribution is -0.0802. The average Bonchev–Trinajstić information content (AvgIpc) is 3.14. The largest absolute Gasteiger partial charge is 0.374 e. The fourth-order valence-corrected chi connectivity index (χ4v) is 3.38. The van der Waals surface area contributed by atoms with Crippen molar-refractivity contribution >= 4 is 0 Å². The second-order valence-corrected chi connectivity index (χ2v) is 6.88. The first kappa shape index (κ1) is 14.3. The molecule has 0 atom stereocenters. The molecule has 2 saturated carbocycles. The lowest BCUT2D eigenvalue weighted by atomic mass is 9.74. The van der Waals surface area contributed by atoms with Crippen molar-refractivity contribution in [2.45, 2.75) is 64.4 Å². The zero-order valence-corrected chi connectivity index (χ0v) is 12.5. The molecule has 2 nitrogen and oxygen atoms in total. The summed E-state index contributed by atoms with van der Waals surface area (Å²) in [6.45, 7) is 6.74. The van der Waals surface area contributed by atoms with Gasteiger partial charge in [-0.3, -0.25) is 0 Å². The van der Waals surface area contributed by atoms with E-state index >= 15 is 0 Å². The summed E-state index contributed by atoms with van der Waals surface area (Å²) in [5.74, 6) is 2.75. The summed E-state index contributed by atoms with van der Waals surface area (Å²) in [5.41, 5.74) is 0.148. The fourth-order valence-electron chi connectivity index (χ4n) is 3.38. The Balaban J connectivity index is 1.78. The number of nitrogens with one attached hydrogen (secondary N) is 1. The van der Waals surface area contributed by atoms with Gasteiger partial charge in [0.2, 0.25) is 0 Å². The number of ether oxygens (including phenoxy) is 1. The van der Waals surface area contributed by atoms with Crippen molar-refractivity contribution in [1.82, 2.24) is 5.32 Å². The van der Waals surface area contributed by atoms with Crippen LogP contribution in [0.1, 0.15) is 58.8 Å². The van der Waals surface area contributed by atoms with Crippen molar-refractivity contribution in [2.75, 3.05) is 20.2 Å². The molecule has 0 aromatic carbocycles. The summed E-state index contributed by atoms with van der Waals surface area (Å²) in [6.07, 6.45) is 9.38. The van der Waals surface area contributed by atoms with Crippen LogP contribution in [-0.4, -0.2) is 25.8 Å². The van der Waals surface area contributed by atoms with Gasteiger partial charge < -0.3 is 10.1 Å². The van der Waals surface area contributed by atoms with E-state index in [0.717, 1.165) is 30.9 Å². The lowest BCUT2D eigenvalue weighted by Crippen LogP contribution is -2.45. The van der Waals surface area contributed by atoms with E-state index < -0.39 is 0 Å². The molecule has 0 saturated heterocycles. The van der Waals surface area contributed by atoms with Crippen LogP contribution >= 0.6 is 0 Å². The van der Waals surface area contributed by atoms with Gasteiger partial charge in [-0.25, -0.2) is 0 Å². The lowest BCUT2D eigenvalue weighted by Gasteiger charge is -2.41. The summed E-state index contributed by atoms with van der Waals surface area (Å²) in [7, 11) is 2.06. The predicted octanol–water partition coefficient (Wildman–Crippen LogP) is 3.61. The smallest absolute Gasteiger partial charge is 0.0806 e. The topological polar surface area (TPSA) is 21.3 Å². The normalized spacial score (nSPS) is 33.0. The summed E-state index contributed by atoms with van der Waals surface area (Å²) in [4.78, 5) is 0. The molecule has 0 radical (unpaired) electrons. The molecular formula is C16H31NO. The van der Waals surface area contributed by atoms with Crippen molar-refractivity contribution in [3.05, 3.63) is 0 Å². The van der Waals surface area contributed by atoms with E-state index in [2.05, 4.69) is 26.2 Å². The summed E-state index contributed by atoms with van der Waals surface area (Å²) < 4.78 is 6.33. The Morgan fingerprint density at radius 1 is 1.17 bits per heavy atom. The van der Waals surface area contributed by atoms with Crippen molar-refractivity contribution in [2.24, 2.45) is 17.8 Å². The fraction of sp³-hybridized carbons (Fsp3) is 1.00. The minimum Gasteiger partial charge on any atom is -0.374 e. The van der Waals surface area contributed by atoms with Crippen LogP contribution in [-0.2, 0) is 4.74 Å². The van der Waals surface area contributed by atoms with Crippen LogP contribution in [0.2, 0.25) is 0 Å². The molecule has 1 N–H and O–H groups in total. The van der Waals surface area contributed by atoms with E-state index in [0.29, 0.717) is 0 Å². The number of rotatable bonds is 7. The molecule has 0 aliphatic heterocycles. The van der Waals surface area contributed by atoms with E-state index in [1.807, 2.05) is 0 Å². The zero-order valence-electron chi connectivity index (χ0n) is 12.5. The third-order valence-electron chi connectivity index (χ3n) is 5.01. The highest BCUT2D eigenvalue weighted by atomic mass is 16.5. The third-order valence-corrected chi connectivity index (χ3v) is 5.01. The molecule has 2 aliphatic carbocycles. The average molecular weight is 253 g/mol. The molecule has 106 valence electrons. The highest BCUT2D eigenvalue weighted by Gasteiger charge is 2.36. The van der Waals surface area contributed by atoms with Gasteiger partial charge in [-0.05, 0) is 56.9 Å². The second-order valence-electron chi connectivity index (χ2n) is 6.88. The van der Waals surface area contributed by atoms with Crippen molar-refractivity contribution in [1.29, 1.82) is 0 Å². The van der Waals surface area contributed by atoms with Crippen molar-refractivity contribution in [3.63, 3.8) is 0 Å². The summed E-state index contributed by atoms with van der Waals surface area (Å²) in [5, 5.41) is 3.35. The first-order valence-corrected chi connectivity index (χ1v) is 7.94. The van der Waals surface area contributed by atoms with Gasteiger partial charge in [-0.15, -0.1) is 0 Å². The number of likely N-dealkylation sites (N-methyl/N-ethyl adjacent to an activating group) is 1. The molecule has 2 aliphatic rings. The predicted molar refractivity (Wildman–Crippen MR) is 76.7 cm³/mol. The van der Waals surface area contributed by atoms with Crippen molar-refractivity contribution < 1.29 is 4.74 Å². The Bertz CT molecular complexity index is 234. The number of hydrogen-bond acceptors (Lipinski definition) is 2. The Kier molecular flexibility index (Phi) is 5.08. The van der Waals surface area contributed by atoms with Gasteiger partial charge in [0.05, 0.1) is 5.60 Å². The maximum atomic E-state index is 6.33. The highest BCUT2D eigenvalue weighted by Crippen LogP contribution is 2.39. The van der Waals surface area contributed by atoms with E-state index in [9.17, 15) is 0 Å². The standard InChI is InChI=1S/C16H31NO/c1-13(2)15-6-9-16(10-7-15,12-17-3)18-11-8-14-4-5-14/h13-15,17H,4-12H2,1-3H3.